The van der Waals surface area contributed by atoms with Crippen LogP contribution in [0.2, 0.25) is 0 Å². The van der Waals surface area contributed by atoms with Gasteiger partial charge in [0.15, 0.2) is 6.29 Å². The SMILES string of the molecule is CC(C)n1nc(-c2cccc(OC(F)F)c2)c2ncc(C=O)cc21.CNC(C)(C)C(C)O. The molecule has 0 fully saturated rings. The molecule has 1 atom stereocenters. The van der Waals surface area contributed by atoms with Gasteiger partial charge in [0, 0.05) is 28.9 Å². The van der Waals surface area contributed by atoms with Crippen molar-refractivity contribution in [1.82, 2.24) is 20.1 Å². The molecule has 9 heteroatoms. The zero-order valence-electron chi connectivity index (χ0n) is 19.1. The zero-order valence-corrected chi connectivity index (χ0v) is 19.1. The van der Waals surface area contributed by atoms with Gasteiger partial charge in [-0.15, -0.1) is 0 Å². The average molecular weight is 449 g/mol. The Bertz CT molecular complexity index is 1050. The maximum absolute atomic E-state index is 12.4. The van der Waals surface area contributed by atoms with Crippen LogP contribution in [0.15, 0.2) is 36.5 Å². The Kier molecular flexibility index (Phi) is 8.40. The molecule has 3 aromatic rings. The second-order valence-electron chi connectivity index (χ2n) is 8.20. The van der Waals surface area contributed by atoms with Gasteiger partial charge in [-0.05, 0) is 59.9 Å². The van der Waals surface area contributed by atoms with Crippen LogP contribution < -0.4 is 10.1 Å². The number of benzene rings is 1. The molecule has 7 nitrogen and oxygen atoms in total. The summed E-state index contributed by atoms with van der Waals surface area (Å²) < 4.78 is 31.0. The quantitative estimate of drug-likeness (QED) is 0.519. The van der Waals surface area contributed by atoms with Crippen LogP contribution in [0.25, 0.3) is 22.3 Å². The van der Waals surface area contributed by atoms with Crippen LogP contribution in [0.3, 0.4) is 0 Å². The molecule has 1 aromatic carbocycles. The van der Waals surface area contributed by atoms with Gasteiger partial charge in [-0.3, -0.25) is 14.5 Å². The minimum atomic E-state index is -2.89. The van der Waals surface area contributed by atoms with E-state index in [-0.39, 0.29) is 23.4 Å². The van der Waals surface area contributed by atoms with Crippen LogP contribution in [-0.4, -0.2) is 51.5 Å². The third kappa shape index (κ3) is 6.08. The van der Waals surface area contributed by atoms with Crippen molar-refractivity contribution >= 4 is 17.3 Å². The summed E-state index contributed by atoms with van der Waals surface area (Å²) in [5.41, 5.74) is 2.78. The topological polar surface area (TPSA) is 89.3 Å². The molecule has 0 aliphatic carbocycles. The summed E-state index contributed by atoms with van der Waals surface area (Å²) in [5, 5.41) is 16.6. The van der Waals surface area contributed by atoms with E-state index in [1.54, 1.807) is 29.8 Å². The van der Waals surface area contributed by atoms with Gasteiger partial charge in [-0.25, -0.2) is 0 Å². The van der Waals surface area contributed by atoms with Crippen molar-refractivity contribution in [2.75, 3.05) is 7.05 Å². The fraction of sp³-hybridized carbons (Fsp3) is 0.435. The number of nitrogens with one attached hydrogen (secondary N) is 1. The average Bonchev–Trinajstić information content (AvgIpc) is 3.13. The molecule has 32 heavy (non-hydrogen) atoms. The first kappa shape index (κ1) is 25.4. The van der Waals surface area contributed by atoms with Gasteiger partial charge in [0.1, 0.15) is 17.0 Å². The highest BCUT2D eigenvalue weighted by Gasteiger charge is 2.20. The normalized spacial score (nSPS) is 12.6. The van der Waals surface area contributed by atoms with Crippen molar-refractivity contribution in [1.29, 1.82) is 0 Å². The van der Waals surface area contributed by atoms with Gasteiger partial charge in [-0.1, -0.05) is 12.1 Å². The van der Waals surface area contributed by atoms with E-state index < -0.39 is 6.61 Å². The summed E-state index contributed by atoms with van der Waals surface area (Å²) in [6.45, 7) is 6.71. The second kappa shape index (κ2) is 10.6. The molecular formula is C23H30F2N4O3. The number of aromatic nitrogens is 3. The zero-order chi connectivity index (χ0) is 24.1. The summed E-state index contributed by atoms with van der Waals surface area (Å²) in [7, 11) is 1.84. The van der Waals surface area contributed by atoms with Gasteiger partial charge >= 0.3 is 6.61 Å². The number of aldehydes is 1. The van der Waals surface area contributed by atoms with Crippen molar-refractivity contribution in [3.63, 3.8) is 0 Å². The Labute approximate surface area is 186 Å². The standard InChI is InChI=1S/C17H15F2N3O2.C6H15NO/c1-10(2)22-14-6-11(9-23)8-20-16(14)15(21-22)12-4-3-5-13(7-12)24-17(18)19;1-5(8)6(2,3)7-4/h3-10,17H,1-2H3;5,7-8H,1-4H3. The number of hydrogen-bond acceptors (Lipinski definition) is 6. The Morgan fingerprint density at radius 1 is 1.22 bits per heavy atom. The third-order valence-corrected chi connectivity index (χ3v) is 5.21. The number of carbonyl (C=O) groups is 1. The van der Waals surface area contributed by atoms with E-state index in [0.29, 0.717) is 27.9 Å². The monoisotopic (exact) mass is 448 g/mol. The molecule has 0 radical (unpaired) electrons. The molecular weight excluding hydrogens is 418 g/mol. The summed E-state index contributed by atoms with van der Waals surface area (Å²) in [5.74, 6) is 0.0549. The minimum absolute atomic E-state index is 0.0467. The van der Waals surface area contributed by atoms with Crippen LogP contribution in [-0.2, 0) is 0 Å². The van der Waals surface area contributed by atoms with Crippen molar-refractivity contribution in [2.24, 2.45) is 0 Å². The van der Waals surface area contributed by atoms with Gasteiger partial charge in [0.2, 0.25) is 0 Å². The number of nitrogens with zero attached hydrogens (tertiary/aromatic N) is 3. The van der Waals surface area contributed by atoms with Crippen molar-refractivity contribution in [3.05, 3.63) is 42.1 Å². The van der Waals surface area contributed by atoms with Crippen LogP contribution >= 0.6 is 0 Å². The molecule has 3 rings (SSSR count). The number of alkyl halides is 2. The minimum Gasteiger partial charge on any atom is -0.435 e. The predicted molar refractivity (Wildman–Crippen MR) is 120 cm³/mol. The molecule has 0 bridgehead atoms. The van der Waals surface area contributed by atoms with Crippen molar-refractivity contribution < 1.29 is 23.4 Å². The van der Waals surface area contributed by atoms with Gasteiger partial charge < -0.3 is 15.2 Å². The summed E-state index contributed by atoms with van der Waals surface area (Å²) in [6, 6.07) is 8.08. The van der Waals surface area contributed by atoms with Crippen LogP contribution in [0.1, 0.15) is 51.0 Å². The number of halogens is 2. The van der Waals surface area contributed by atoms with Crippen molar-refractivity contribution in [3.8, 4) is 17.0 Å². The summed E-state index contributed by atoms with van der Waals surface area (Å²) in [6.07, 6.45) is 1.89. The van der Waals surface area contributed by atoms with Gasteiger partial charge in [0.25, 0.3) is 0 Å². The van der Waals surface area contributed by atoms with E-state index in [0.717, 1.165) is 6.29 Å². The molecule has 2 aromatic heterocycles. The number of pyridine rings is 1. The lowest BCUT2D eigenvalue weighted by Crippen LogP contribution is -2.45. The number of ether oxygens (including phenoxy) is 1. The van der Waals surface area contributed by atoms with Gasteiger partial charge in [0.05, 0.1) is 11.6 Å². The summed E-state index contributed by atoms with van der Waals surface area (Å²) in [4.78, 5) is 15.3. The van der Waals surface area contributed by atoms with E-state index >= 15 is 0 Å². The maximum Gasteiger partial charge on any atom is 0.387 e. The van der Waals surface area contributed by atoms with E-state index in [1.807, 2.05) is 34.7 Å². The van der Waals surface area contributed by atoms with Crippen LogP contribution in [0.4, 0.5) is 8.78 Å². The molecule has 0 spiro atoms. The molecule has 0 saturated carbocycles. The Morgan fingerprint density at radius 2 is 1.91 bits per heavy atom. The Hall–Kier alpha value is -2.91. The van der Waals surface area contributed by atoms with E-state index in [1.165, 1.54) is 18.3 Å². The number of carbonyl (C=O) groups excluding carboxylic acids is 1. The second-order valence-corrected chi connectivity index (χ2v) is 8.20. The number of fused-ring (bicyclic) bond motifs is 1. The fourth-order valence-electron chi connectivity index (χ4n) is 2.72. The number of aliphatic hydroxyl groups excluding tert-OH is 1. The molecule has 174 valence electrons. The van der Waals surface area contributed by atoms with E-state index in [2.05, 4.69) is 20.1 Å². The van der Waals surface area contributed by atoms with E-state index in [4.69, 9.17) is 5.11 Å². The third-order valence-electron chi connectivity index (χ3n) is 5.21. The number of rotatable bonds is 7. The largest absolute Gasteiger partial charge is 0.435 e. The molecule has 2 heterocycles. The van der Waals surface area contributed by atoms with E-state index in [9.17, 15) is 13.6 Å². The first-order valence-electron chi connectivity index (χ1n) is 10.3. The van der Waals surface area contributed by atoms with Crippen molar-refractivity contribution in [2.45, 2.75) is 58.9 Å². The fourth-order valence-corrected chi connectivity index (χ4v) is 2.72. The number of aliphatic hydroxyl groups is 1. The maximum atomic E-state index is 12.4. The Balaban J connectivity index is 0.000000390. The molecule has 2 N–H and O–H groups in total. The number of hydrogen-bond donors (Lipinski definition) is 2. The highest BCUT2D eigenvalue weighted by molar-refractivity contribution is 5.93. The highest BCUT2D eigenvalue weighted by atomic mass is 19.3. The molecule has 1 unspecified atom stereocenters. The predicted octanol–water partition coefficient (Wildman–Crippen LogP) is 4.46. The number of likely N-dealkylation sites (N-methyl/N-ethyl adjacent to an activating group) is 1. The molecule has 0 aliphatic heterocycles. The molecule has 0 saturated heterocycles. The lowest BCUT2D eigenvalue weighted by molar-refractivity contribution is -0.0498. The lowest BCUT2D eigenvalue weighted by Gasteiger charge is -2.26. The highest BCUT2D eigenvalue weighted by Crippen LogP contribution is 2.31. The first-order chi connectivity index (χ1) is 15.0. The Morgan fingerprint density at radius 3 is 2.41 bits per heavy atom. The molecule has 0 amide bonds. The van der Waals surface area contributed by atoms with Crippen LogP contribution in [0.5, 0.6) is 5.75 Å². The summed E-state index contributed by atoms with van der Waals surface area (Å²) >= 11 is 0. The lowest BCUT2D eigenvalue weighted by atomic mass is 10.00. The molecule has 0 aliphatic rings. The van der Waals surface area contributed by atoms with Crippen LogP contribution in [0, 0.1) is 0 Å². The smallest absolute Gasteiger partial charge is 0.387 e. The van der Waals surface area contributed by atoms with Gasteiger partial charge in [-0.2, -0.15) is 13.9 Å². The first-order valence-corrected chi connectivity index (χ1v) is 10.3.